The van der Waals surface area contributed by atoms with Gasteiger partial charge in [0.15, 0.2) is 11.4 Å². The van der Waals surface area contributed by atoms with Crippen molar-refractivity contribution in [3.63, 3.8) is 0 Å². The van der Waals surface area contributed by atoms with Gasteiger partial charge in [0.2, 0.25) is 0 Å². The molecule has 0 saturated carbocycles. The van der Waals surface area contributed by atoms with Crippen molar-refractivity contribution in [2.24, 2.45) is 0 Å². The molecule has 1 N–H and O–H groups in total. The number of aromatic amines is 1. The highest BCUT2D eigenvalue weighted by Crippen LogP contribution is 2.28. The molecule has 0 aliphatic heterocycles. The molecule has 4 nitrogen and oxygen atoms in total. The number of aromatic nitrogens is 3. The molecule has 144 valence electrons. The third-order valence-corrected chi connectivity index (χ3v) is 5.03. The van der Waals surface area contributed by atoms with Crippen LogP contribution in [-0.4, -0.2) is 21.0 Å². The van der Waals surface area contributed by atoms with Gasteiger partial charge in [0.25, 0.3) is 0 Å². The first-order valence-electron chi connectivity index (χ1n) is 9.50. The molecule has 0 fully saturated rings. The van der Waals surface area contributed by atoms with Crippen LogP contribution in [0, 0.1) is 5.82 Å². The molecule has 0 unspecified atom stereocenters. The average Bonchev–Trinajstić information content (AvgIpc) is 3.23. The third kappa shape index (κ3) is 3.26. The van der Waals surface area contributed by atoms with Crippen molar-refractivity contribution in [3.05, 3.63) is 108 Å². The molecule has 0 atom stereocenters. The van der Waals surface area contributed by atoms with Gasteiger partial charge in [-0.1, -0.05) is 54.6 Å². The number of fused-ring (bicyclic) bond motifs is 1. The Kier molecular flexibility index (Phi) is 4.41. The Labute approximate surface area is 172 Å². The number of hydrogen-bond donors (Lipinski definition) is 1. The topological polar surface area (TPSA) is 58.6 Å². The van der Waals surface area contributed by atoms with Gasteiger partial charge in [0.1, 0.15) is 5.82 Å². The standard InChI is InChI=1S/C25H16FN3O/c26-20-12-10-17(11-13-20)23-21-14-15-22(27-25(21)29-28-23)16-6-8-19(9-7-16)24(30)18-4-2-1-3-5-18/h1-15H,(H,27,28,29). The number of pyridine rings is 1. The Morgan fingerprint density at radius 1 is 0.733 bits per heavy atom. The monoisotopic (exact) mass is 393 g/mol. The van der Waals surface area contributed by atoms with E-state index in [4.69, 9.17) is 0 Å². The SMILES string of the molecule is O=C(c1ccccc1)c1ccc(-c2ccc3c(-c4ccc(F)cc4)[nH]nc3n2)cc1. The van der Waals surface area contributed by atoms with Gasteiger partial charge in [0.05, 0.1) is 11.4 Å². The smallest absolute Gasteiger partial charge is 0.193 e. The Bertz CT molecular complexity index is 1340. The molecule has 5 aromatic rings. The lowest BCUT2D eigenvalue weighted by atomic mass is 10.0. The largest absolute Gasteiger partial charge is 0.289 e. The van der Waals surface area contributed by atoms with Crippen LogP contribution >= 0.6 is 0 Å². The number of nitrogens with zero attached hydrogens (tertiary/aromatic N) is 2. The van der Waals surface area contributed by atoms with Crippen LogP contribution in [-0.2, 0) is 0 Å². The van der Waals surface area contributed by atoms with Crippen LogP contribution in [0.25, 0.3) is 33.5 Å². The Balaban J connectivity index is 1.45. The van der Waals surface area contributed by atoms with Gasteiger partial charge in [-0.05, 0) is 36.4 Å². The Morgan fingerprint density at radius 2 is 1.40 bits per heavy atom. The van der Waals surface area contributed by atoms with Crippen LogP contribution in [0.2, 0.25) is 0 Å². The number of carbonyl (C=O) groups is 1. The molecule has 0 saturated heterocycles. The summed E-state index contributed by atoms with van der Waals surface area (Å²) in [5.74, 6) is -0.293. The fourth-order valence-electron chi connectivity index (χ4n) is 3.44. The quantitative estimate of drug-likeness (QED) is 0.401. The molecule has 5 rings (SSSR count). The van der Waals surface area contributed by atoms with E-state index in [1.54, 1.807) is 12.1 Å². The second-order valence-corrected chi connectivity index (χ2v) is 6.95. The molecule has 2 aromatic heterocycles. The number of rotatable bonds is 4. The van der Waals surface area contributed by atoms with Crippen molar-refractivity contribution in [3.8, 4) is 22.5 Å². The van der Waals surface area contributed by atoms with Crippen LogP contribution in [0.15, 0.2) is 91.0 Å². The fraction of sp³-hybridized carbons (Fsp3) is 0. The predicted octanol–water partition coefficient (Wildman–Crippen LogP) is 5.66. The molecule has 0 radical (unpaired) electrons. The average molecular weight is 393 g/mol. The van der Waals surface area contributed by atoms with Gasteiger partial charge in [-0.15, -0.1) is 0 Å². The van der Waals surface area contributed by atoms with Gasteiger partial charge in [-0.3, -0.25) is 9.89 Å². The zero-order valence-electron chi connectivity index (χ0n) is 15.8. The van der Waals surface area contributed by atoms with Crippen LogP contribution in [0.4, 0.5) is 4.39 Å². The van der Waals surface area contributed by atoms with E-state index in [0.717, 1.165) is 27.9 Å². The second kappa shape index (κ2) is 7.37. The number of hydrogen-bond acceptors (Lipinski definition) is 3. The summed E-state index contributed by atoms with van der Waals surface area (Å²) in [6.45, 7) is 0. The maximum Gasteiger partial charge on any atom is 0.193 e. The summed E-state index contributed by atoms with van der Waals surface area (Å²) in [7, 11) is 0. The number of nitrogens with one attached hydrogen (secondary N) is 1. The van der Waals surface area contributed by atoms with Crippen LogP contribution in [0.3, 0.4) is 0 Å². The van der Waals surface area contributed by atoms with E-state index in [-0.39, 0.29) is 11.6 Å². The van der Waals surface area contributed by atoms with Crippen LogP contribution in [0.5, 0.6) is 0 Å². The van der Waals surface area contributed by atoms with Crippen molar-refractivity contribution in [2.75, 3.05) is 0 Å². The Morgan fingerprint density at radius 3 is 2.13 bits per heavy atom. The molecule has 30 heavy (non-hydrogen) atoms. The van der Waals surface area contributed by atoms with Crippen molar-refractivity contribution in [2.45, 2.75) is 0 Å². The first kappa shape index (κ1) is 17.9. The zero-order valence-corrected chi connectivity index (χ0v) is 15.8. The minimum atomic E-state index is -0.280. The molecular weight excluding hydrogens is 377 g/mol. The molecule has 5 heteroatoms. The first-order chi connectivity index (χ1) is 14.7. The molecule has 0 aliphatic rings. The summed E-state index contributed by atoms with van der Waals surface area (Å²) >= 11 is 0. The summed E-state index contributed by atoms with van der Waals surface area (Å²) < 4.78 is 13.2. The van der Waals surface area contributed by atoms with E-state index >= 15 is 0 Å². The van der Waals surface area contributed by atoms with E-state index in [1.165, 1.54) is 12.1 Å². The predicted molar refractivity (Wildman–Crippen MR) is 115 cm³/mol. The maximum absolute atomic E-state index is 13.2. The highest BCUT2D eigenvalue weighted by molar-refractivity contribution is 6.09. The second-order valence-electron chi connectivity index (χ2n) is 6.95. The summed E-state index contributed by atoms with van der Waals surface area (Å²) in [5.41, 5.74) is 5.17. The maximum atomic E-state index is 13.2. The van der Waals surface area contributed by atoms with Gasteiger partial charge in [-0.2, -0.15) is 5.10 Å². The minimum Gasteiger partial charge on any atom is -0.289 e. The van der Waals surface area contributed by atoms with E-state index < -0.39 is 0 Å². The summed E-state index contributed by atoms with van der Waals surface area (Å²) in [4.78, 5) is 17.2. The van der Waals surface area contributed by atoms with Crippen LogP contribution in [0.1, 0.15) is 15.9 Å². The third-order valence-electron chi connectivity index (χ3n) is 5.03. The van der Waals surface area contributed by atoms with Crippen molar-refractivity contribution >= 4 is 16.8 Å². The van der Waals surface area contributed by atoms with E-state index in [2.05, 4.69) is 15.2 Å². The van der Waals surface area contributed by atoms with Crippen molar-refractivity contribution < 1.29 is 9.18 Å². The van der Waals surface area contributed by atoms with Crippen molar-refractivity contribution in [1.29, 1.82) is 0 Å². The molecule has 2 heterocycles. The number of carbonyl (C=O) groups excluding carboxylic acids is 1. The van der Waals surface area contributed by atoms with E-state index in [1.807, 2.05) is 66.7 Å². The Hall–Kier alpha value is -4.12. The van der Waals surface area contributed by atoms with E-state index in [0.29, 0.717) is 16.8 Å². The lowest BCUT2D eigenvalue weighted by Crippen LogP contribution is -2.00. The van der Waals surface area contributed by atoms with Crippen molar-refractivity contribution in [1.82, 2.24) is 15.2 Å². The minimum absolute atomic E-state index is 0.0122. The van der Waals surface area contributed by atoms with Gasteiger partial charge < -0.3 is 0 Å². The first-order valence-corrected chi connectivity index (χ1v) is 9.50. The molecule has 0 spiro atoms. The lowest BCUT2D eigenvalue weighted by Gasteiger charge is -2.04. The van der Waals surface area contributed by atoms with Gasteiger partial charge >= 0.3 is 0 Å². The zero-order chi connectivity index (χ0) is 20.5. The number of halogens is 1. The number of ketones is 1. The van der Waals surface area contributed by atoms with Crippen LogP contribution < -0.4 is 0 Å². The fourth-order valence-corrected chi connectivity index (χ4v) is 3.44. The lowest BCUT2D eigenvalue weighted by molar-refractivity contribution is 0.103. The highest BCUT2D eigenvalue weighted by atomic mass is 19.1. The molecule has 0 bridgehead atoms. The van der Waals surface area contributed by atoms with Gasteiger partial charge in [-0.25, -0.2) is 9.37 Å². The van der Waals surface area contributed by atoms with E-state index in [9.17, 15) is 9.18 Å². The summed E-state index contributed by atoms with van der Waals surface area (Å²) in [5, 5.41) is 8.16. The molecule has 3 aromatic carbocycles. The normalized spacial score (nSPS) is 11.0. The summed E-state index contributed by atoms with van der Waals surface area (Å²) in [6.07, 6.45) is 0. The molecule has 0 aliphatic carbocycles. The number of H-pyrrole nitrogens is 1. The number of benzene rings is 3. The highest BCUT2D eigenvalue weighted by Gasteiger charge is 2.12. The molecular formula is C25H16FN3O. The summed E-state index contributed by atoms with van der Waals surface area (Å²) in [6, 6.07) is 26.7. The molecule has 0 amide bonds. The van der Waals surface area contributed by atoms with Gasteiger partial charge in [0, 0.05) is 27.6 Å².